The van der Waals surface area contributed by atoms with E-state index in [2.05, 4.69) is 20.4 Å². The van der Waals surface area contributed by atoms with E-state index in [9.17, 15) is 4.79 Å². The molecular weight excluding hydrogens is 430 g/mol. The Labute approximate surface area is 195 Å². The van der Waals surface area contributed by atoms with Crippen LogP contribution in [0.1, 0.15) is 13.3 Å². The summed E-state index contributed by atoms with van der Waals surface area (Å²) in [6.07, 6.45) is 10.9. The lowest BCUT2D eigenvalue weighted by Crippen LogP contribution is -2.52. The van der Waals surface area contributed by atoms with Crippen molar-refractivity contribution in [2.75, 3.05) is 53.0 Å². The van der Waals surface area contributed by atoms with Gasteiger partial charge in [0.2, 0.25) is 0 Å². The first-order chi connectivity index (χ1) is 15.3. The SMILES string of the molecule is CN(/C=C(\C=N)C1=CC(C)(NC(=O)/C(N)=C/OCN)C(Cl)C=C1)CCCN1CCNCC1. The number of ether oxygens (including phenoxy) is 1. The molecule has 0 bridgehead atoms. The molecule has 0 aromatic heterocycles. The third kappa shape index (κ3) is 7.67. The van der Waals surface area contributed by atoms with Crippen molar-refractivity contribution in [2.24, 2.45) is 11.5 Å². The van der Waals surface area contributed by atoms with Crippen molar-refractivity contribution in [3.8, 4) is 0 Å². The number of amides is 1. The Morgan fingerprint density at radius 1 is 1.50 bits per heavy atom. The molecule has 2 rings (SSSR count). The minimum atomic E-state index is -0.896. The number of nitrogens with one attached hydrogen (secondary N) is 3. The second-order valence-corrected chi connectivity index (χ2v) is 8.63. The van der Waals surface area contributed by atoms with Gasteiger partial charge in [-0.25, -0.2) is 0 Å². The van der Waals surface area contributed by atoms with Gasteiger partial charge in [0.25, 0.3) is 5.91 Å². The van der Waals surface area contributed by atoms with E-state index in [1.54, 1.807) is 6.08 Å². The molecule has 7 N–H and O–H groups in total. The standard InChI is InChI=1S/C22H36ClN7O2/c1-22(28-21(31)19(26)15-32-16-25)12-17(4-5-20(22)23)18(13-24)14-29(2)8-3-9-30-10-6-27-7-11-30/h4-5,12-15,20,24,27H,3,6-11,16,25-26H2,1-2H3,(H,28,31)/b18-14+,19-15-,24-13?. The first kappa shape index (κ1) is 25.9. The molecule has 2 atom stereocenters. The third-order valence-electron chi connectivity index (χ3n) is 5.47. The second-order valence-electron chi connectivity index (χ2n) is 8.16. The van der Waals surface area contributed by atoms with Crippen LogP contribution in [0.5, 0.6) is 0 Å². The number of hydrogen-bond acceptors (Lipinski definition) is 8. The Morgan fingerprint density at radius 3 is 2.88 bits per heavy atom. The van der Waals surface area contributed by atoms with Crippen LogP contribution >= 0.6 is 11.6 Å². The van der Waals surface area contributed by atoms with Crippen molar-refractivity contribution in [2.45, 2.75) is 24.3 Å². The Hall–Kier alpha value is -2.33. The fourth-order valence-electron chi connectivity index (χ4n) is 3.61. The predicted octanol–water partition coefficient (Wildman–Crippen LogP) is 0.458. The van der Waals surface area contributed by atoms with Crippen LogP contribution in [-0.4, -0.2) is 85.9 Å². The summed E-state index contributed by atoms with van der Waals surface area (Å²) in [6, 6.07) is 0. The van der Waals surface area contributed by atoms with E-state index in [0.717, 1.165) is 63.1 Å². The van der Waals surface area contributed by atoms with E-state index in [1.165, 1.54) is 6.21 Å². The van der Waals surface area contributed by atoms with Gasteiger partial charge in [0.15, 0.2) is 0 Å². The minimum absolute atomic E-state index is 0.0770. The lowest BCUT2D eigenvalue weighted by molar-refractivity contribution is -0.118. The van der Waals surface area contributed by atoms with Gasteiger partial charge in [0.05, 0.1) is 10.9 Å². The fraction of sp³-hybridized carbons (Fsp3) is 0.545. The number of rotatable bonds is 11. The van der Waals surface area contributed by atoms with Gasteiger partial charge in [-0.1, -0.05) is 12.2 Å². The van der Waals surface area contributed by atoms with Crippen LogP contribution in [0.2, 0.25) is 0 Å². The van der Waals surface area contributed by atoms with E-state index in [-0.39, 0.29) is 12.4 Å². The highest BCUT2D eigenvalue weighted by atomic mass is 35.5. The molecule has 1 amide bonds. The summed E-state index contributed by atoms with van der Waals surface area (Å²) >= 11 is 6.48. The molecule has 0 aromatic carbocycles. The molecule has 2 unspecified atom stereocenters. The Bertz CT molecular complexity index is 774. The number of carbonyl (C=O) groups is 1. The minimum Gasteiger partial charge on any atom is -0.484 e. The number of carbonyl (C=O) groups excluding carboxylic acids is 1. The lowest BCUT2D eigenvalue weighted by Gasteiger charge is -2.34. The first-order valence-electron chi connectivity index (χ1n) is 10.8. The average molecular weight is 466 g/mol. The number of piperazine rings is 1. The van der Waals surface area contributed by atoms with E-state index in [0.29, 0.717) is 0 Å². The maximum absolute atomic E-state index is 12.4. The molecular formula is C22H36ClN7O2. The van der Waals surface area contributed by atoms with Crippen molar-refractivity contribution in [1.29, 1.82) is 5.41 Å². The Kier molecular flexibility index (Phi) is 10.2. The topological polar surface area (TPSA) is 133 Å². The van der Waals surface area contributed by atoms with Crippen molar-refractivity contribution >= 4 is 23.7 Å². The molecule has 1 saturated heterocycles. The van der Waals surface area contributed by atoms with Gasteiger partial charge in [-0.15, -0.1) is 11.6 Å². The van der Waals surface area contributed by atoms with Crippen LogP contribution in [0.3, 0.4) is 0 Å². The highest BCUT2D eigenvalue weighted by molar-refractivity contribution is 6.23. The molecule has 2 aliphatic rings. The smallest absolute Gasteiger partial charge is 0.271 e. The molecule has 1 aliphatic carbocycles. The van der Waals surface area contributed by atoms with E-state index in [4.69, 9.17) is 33.2 Å². The highest BCUT2D eigenvalue weighted by Crippen LogP contribution is 2.29. The van der Waals surface area contributed by atoms with E-state index in [1.807, 2.05) is 32.3 Å². The largest absolute Gasteiger partial charge is 0.484 e. The normalized spacial score (nSPS) is 24.6. The maximum atomic E-state index is 12.4. The number of halogens is 1. The molecule has 0 aromatic rings. The zero-order valence-electron chi connectivity index (χ0n) is 18.9. The summed E-state index contributed by atoms with van der Waals surface area (Å²) in [5, 5.41) is 13.6. The summed E-state index contributed by atoms with van der Waals surface area (Å²) in [6.45, 7) is 7.94. The summed E-state index contributed by atoms with van der Waals surface area (Å²) in [5.74, 6) is -0.511. The van der Waals surface area contributed by atoms with Crippen LogP contribution in [0.4, 0.5) is 0 Å². The van der Waals surface area contributed by atoms with Gasteiger partial charge in [-0.2, -0.15) is 0 Å². The molecule has 9 nitrogen and oxygen atoms in total. The highest BCUT2D eigenvalue weighted by Gasteiger charge is 2.34. The quantitative estimate of drug-likeness (QED) is 0.0983. The van der Waals surface area contributed by atoms with Crippen LogP contribution in [0.15, 0.2) is 47.5 Å². The van der Waals surface area contributed by atoms with Crippen LogP contribution < -0.4 is 22.1 Å². The average Bonchev–Trinajstić information content (AvgIpc) is 2.78. The molecule has 1 heterocycles. The van der Waals surface area contributed by atoms with Crippen molar-refractivity contribution in [3.63, 3.8) is 0 Å². The van der Waals surface area contributed by atoms with Crippen LogP contribution in [-0.2, 0) is 9.53 Å². The maximum Gasteiger partial charge on any atom is 0.271 e. The third-order valence-corrected chi connectivity index (χ3v) is 6.07. The first-order valence-corrected chi connectivity index (χ1v) is 11.2. The predicted molar refractivity (Wildman–Crippen MR) is 129 cm³/mol. The number of nitrogens with two attached hydrogens (primary N) is 2. The van der Waals surface area contributed by atoms with Crippen LogP contribution in [0.25, 0.3) is 0 Å². The monoisotopic (exact) mass is 465 g/mol. The molecule has 0 spiro atoms. The van der Waals surface area contributed by atoms with Crippen molar-refractivity contribution in [3.05, 3.63) is 47.5 Å². The second kappa shape index (κ2) is 12.6. The van der Waals surface area contributed by atoms with Gasteiger partial charge in [-0.3, -0.25) is 10.5 Å². The van der Waals surface area contributed by atoms with Gasteiger partial charge in [0.1, 0.15) is 18.7 Å². The van der Waals surface area contributed by atoms with Gasteiger partial charge >= 0.3 is 0 Å². The molecule has 1 fully saturated rings. The molecule has 32 heavy (non-hydrogen) atoms. The summed E-state index contributed by atoms with van der Waals surface area (Å²) < 4.78 is 4.87. The zero-order chi connectivity index (χ0) is 23.6. The summed E-state index contributed by atoms with van der Waals surface area (Å²) in [5.41, 5.74) is 11.5. The molecule has 178 valence electrons. The Balaban J connectivity index is 2.04. The number of nitrogens with zero attached hydrogens (tertiary/aromatic N) is 2. The van der Waals surface area contributed by atoms with Gasteiger partial charge in [-0.05, 0) is 31.5 Å². The number of allylic oxidation sites excluding steroid dienone is 3. The van der Waals surface area contributed by atoms with E-state index < -0.39 is 16.8 Å². The van der Waals surface area contributed by atoms with Crippen LogP contribution in [0, 0.1) is 5.41 Å². The number of hydrogen-bond donors (Lipinski definition) is 5. The summed E-state index contributed by atoms with van der Waals surface area (Å²) in [4.78, 5) is 17.0. The van der Waals surface area contributed by atoms with Gasteiger partial charge in [0, 0.05) is 57.8 Å². The Morgan fingerprint density at radius 2 is 2.22 bits per heavy atom. The molecule has 10 heteroatoms. The fourth-order valence-corrected chi connectivity index (χ4v) is 3.80. The molecule has 1 aliphatic heterocycles. The van der Waals surface area contributed by atoms with E-state index >= 15 is 0 Å². The lowest BCUT2D eigenvalue weighted by atomic mass is 9.87. The summed E-state index contributed by atoms with van der Waals surface area (Å²) in [7, 11) is 2.00. The molecule has 0 saturated carbocycles. The zero-order valence-corrected chi connectivity index (χ0v) is 19.7. The van der Waals surface area contributed by atoms with Gasteiger partial charge < -0.3 is 36.3 Å². The van der Waals surface area contributed by atoms with Crippen molar-refractivity contribution in [1.82, 2.24) is 20.4 Å². The molecule has 0 radical (unpaired) electrons. The van der Waals surface area contributed by atoms with Crippen molar-refractivity contribution < 1.29 is 9.53 Å². The number of alkyl halides is 1.